The van der Waals surface area contributed by atoms with Crippen LogP contribution in [0.1, 0.15) is 5.56 Å². The maximum absolute atomic E-state index is 10.7. The molecule has 5 nitrogen and oxygen atoms in total. The summed E-state index contributed by atoms with van der Waals surface area (Å²) in [5.41, 5.74) is 0.719. The molecule has 0 saturated carbocycles. The van der Waals surface area contributed by atoms with Gasteiger partial charge in [-0.1, -0.05) is 59.1 Å². The van der Waals surface area contributed by atoms with Crippen molar-refractivity contribution in [3.8, 4) is 0 Å². The molecule has 0 aromatic heterocycles. The lowest BCUT2D eigenvalue weighted by molar-refractivity contribution is -0.384. The third-order valence-corrected chi connectivity index (χ3v) is 2.99. The second-order valence-corrected chi connectivity index (χ2v) is 6.30. The van der Waals surface area contributed by atoms with Crippen molar-refractivity contribution in [2.45, 2.75) is 9.83 Å². The normalized spacial score (nSPS) is 18.9. The molecule has 1 aliphatic heterocycles. The average Bonchev–Trinajstić information content (AvgIpc) is 2.85. The van der Waals surface area contributed by atoms with Gasteiger partial charge in [-0.25, -0.2) is 4.99 Å². The summed E-state index contributed by atoms with van der Waals surface area (Å²) >= 11 is 17.0. The van der Waals surface area contributed by atoms with Crippen molar-refractivity contribution in [3.05, 3.63) is 46.0 Å². The first-order valence-corrected chi connectivity index (χ1v) is 6.70. The zero-order valence-corrected chi connectivity index (χ0v) is 12.3. The molecule has 0 spiro atoms. The van der Waals surface area contributed by atoms with Gasteiger partial charge < -0.3 is 4.74 Å². The van der Waals surface area contributed by atoms with Gasteiger partial charge in [0.25, 0.3) is 9.48 Å². The number of nitro groups is 1. The highest BCUT2D eigenvalue weighted by Gasteiger charge is 2.34. The molecule has 8 heteroatoms. The van der Waals surface area contributed by atoms with Gasteiger partial charge in [-0.05, 0) is 5.56 Å². The van der Waals surface area contributed by atoms with E-state index in [9.17, 15) is 10.1 Å². The first-order chi connectivity index (χ1) is 9.36. The first-order valence-electron chi connectivity index (χ1n) is 5.57. The van der Waals surface area contributed by atoms with E-state index >= 15 is 0 Å². The third-order valence-electron chi connectivity index (χ3n) is 2.51. The van der Waals surface area contributed by atoms with Crippen molar-refractivity contribution >= 4 is 52.5 Å². The summed E-state index contributed by atoms with van der Waals surface area (Å²) in [4.78, 5) is 14.3. The zero-order valence-electron chi connectivity index (χ0n) is 10.0. The summed E-state index contributed by atoms with van der Waals surface area (Å²) in [6.07, 6.45) is 3.45. The monoisotopic (exact) mass is 334 g/mol. The van der Waals surface area contributed by atoms with Gasteiger partial charge in [0.1, 0.15) is 12.6 Å². The second-order valence-electron chi connectivity index (χ2n) is 4.02. The number of halogens is 3. The number of nitro benzene ring substituents is 1. The van der Waals surface area contributed by atoms with Crippen LogP contribution < -0.4 is 0 Å². The van der Waals surface area contributed by atoms with Crippen LogP contribution in [-0.2, 0) is 4.74 Å². The summed E-state index contributed by atoms with van der Waals surface area (Å²) in [7, 11) is 0. The number of aliphatic imine (C=N–C) groups is 1. The maximum Gasteiger partial charge on any atom is 0.270 e. The van der Waals surface area contributed by atoms with Gasteiger partial charge in [-0.2, -0.15) is 0 Å². The predicted octanol–water partition coefficient (Wildman–Crippen LogP) is 3.78. The smallest absolute Gasteiger partial charge is 0.270 e. The topological polar surface area (TPSA) is 64.7 Å². The minimum Gasteiger partial charge on any atom is -0.475 e. The summed E-state index contributed by atoms with van der Waals surface area (Å²) in [5.74, 6) is 0.0520. The largest absolute Gasteiger partial charge is 0.475 e. The zero-order chi connectivity index (χ0) is 14.8. The molecule has 1 aromatic carbocycles. The molecule has 106 valence electrons. The number of hydrogen-bond acceptors (Lipinski definition) is 4. The minimum absolute atomic E-state index is 0.0281. The van der Waals surface area contributed by atoms with Crippen LogP contribution in [0.2, 0.25) is 0 Å². The van der Waals surface area contributed by atoms with Crippen molar-refractivity contribution in [1.29, 1.82) is 0 Å². The molecule has 0 aliphatic carbocycles. The van der Waals surface area contributed by atoms with Crippen molar-refractivity contribution in [2.75, 3.05) is 6.61 Å². The Bertz CT molecular complexity index is 582. The SMILES string of the molecule is O=[N+]([O-])c1cccc(/C=C/[C@H]2COC(C(Cl)(Cl)Cl)=N2)c1. The van der Waals surface area contributed by atoms with E-state index in [4.69, 9.17) is 39.5 Å². The lowest BCUT2D eigenvalue weighted by Crippen LogP contribution is -2.18. The molecule has 20 heavy (non-hydrogen) atoms. The summed E-state index contributed by atoms with van der Waals surface area (Å²) in [6, 6.07) is 5.97. The number of alkyl halides is 3. The Labute approximate surface area is 129 Å². The Morgan fingerprint density at radius 3 is 2.80 bits per heavy atom. The quantitative estimate of drug-likeness (QED) is 0.480. The van der Waals surface area contributed by atoms with E-state index in [0.717, 1.165) is 0 Å². The molecule has 1 heterocycles. The molecule has 1 atom stereocenters. The molecule has 0 amide bonds. The Hall–Kier alpha value is -1.30. The highest BCUT2D eigenvalue weighted by Crippen LogP contribution is 2.31. The average molecular weight is 336 g/mol. The van der Waals surface area contributed by atoms with E-state index in [-0.39, 0.29) is 24.2 Å². The van der Waals surface area contributed by atoms with Gasteiger partial charge in [0, 0.05) is 12.1 Å². The minimum atomic E-state index is -1.67. The van der Waals surface area contributed by atoms with Crippen LogP contribution in [0.25, 0.3) is 6.08 Å². The van der Waals surface area contributed by atoms with Crippen LogP contribution >= 0.6 is 34.8 Å². The summed E-state index contributed by atoms with van der Waals surface area (Å²) < 4.78 is 3.50. The fourth-order valence-electron chi connectivity index (χ4n) is 1.61. The molecule has 0 N–H and O–H groups in total. The Balaban J connectivity index is 2.09. The van der Waals surface area contributed by atoms with Crippen LogP contribution in [0.15, 0.2) is 35.3 Å². The second kappa shape index (κ2) is 5.99. The van der Waals surface area contributed by atoms with E-state index < -0.39 is 8.72 Å². The van der Waals surface area contributed by atoms with E-state index in [1.165, 1.54) is 12.1 Å². The number of rotatable bonds is 3. The van der Waals surface area contributed by atoms with Gasteiger partial charge >= 0.3 is 0 Å². The summed E-state index contributed by atoms with van der Waals surface area (Å²) in [5, 5.41) is 10.7. The number of hydrogen-bond donors (Lipinski definition) is 0. The van der Waals surface area contributed by atoms with E-state index in [1.807, 2.05) is 0 Å². The van der Waals surface area contributed by atoms with Crippen molar-refractivity contribution in [3.63, 3.8) is 0 Å². The fourth-order valence-corrected chi connectivity index (χ4v) is 1.92. The van der Waals surface area contributed by atoms with E-state index in [0.29, 0.717) is 5.56 Å². The molecule has 0 bridgehead atoms. The number of benzene rings is 1. The fraction of sp³-hybridized carbons (Fsp3) is 0.250. The van der Waals surface area contributed by atoms with Gasteiger partial charge in [0.2, 0.25) is 5.90 Å². The lowest BCUT2D eigenvalue weighted by Gasteiger charge is -2.08. The van der Waals surface area contributed by atoms with E-state index in [2.05, 4.69) is 4.99 Å². The third kappa shape index (κ3) is 3.85. The van der Waals surface area contributed by atoms with Crippen molar-refractivity contribution < 1.29 is 9.66 Å². The molecular weight excluding hydrogens is 327 g/mol. The van der Waals surface area contributed by atoms with Crippen LogP contribution in [0.5, 0.6) is 0 Å². The number of nitrogens with zero attached hydrogens (tertiary/aromatic N) is 2. The predicted molar refractivity (Wildman–Crippen MR) is 79.6 cm³/mol. The highest BCUT2D eigenvalue weighted by atomic mass is 35.6. The number of ether oxygens (including phenoxy) is 1. The lowest BCUT2D eigenvalue weighted by atomic mass is 10.1. The Morgan fingerprint density at radius 1 is 1.45 bits per heavy atom. The van der Waals surface area contributed by atoms with Gasteiger partial charge in [0.15, 0.2) is 0 Å². The highest BCUT2D eigenvalue weighted by molar-refractivity contribution is 6.76. The molecule has 0 unspecified atom stereocenters. The summed E-state index contributed by atoms with van der Waals surface area (Å²) in [6.45, 7) is 0.272. The first kappa shape index (κ1) is 15.1. The Morgan fingerprint density at radius 2 is 2.20 bits per heavy atom. The van der Waals surface area contributed by atoms with Crippen LogP contribution in [0.3, 0.4) is 0 Å². The maximum atomic E-state index is 10.7. The molecular formula is C12H9Cl3N2O3. The van der Waals surface area contributed by atoms with Crippen LogP contribution in [0.4, 0.5) is 5.69 Å². The molecule has 2 rings (SSSR count). The van der Waals surface area contributed by atoms with E-state index in [1.54, 1.807) is 24.3 Å². The van der Waals surface area contributed by atoms with Gasteiger partial charge in [-0.15, -0.1) is 0 Å². The molecule has 1 aromatic rings. The van der Waals surface area contributed by atoms with Crippen molar-refractivity contribution in [1.82, 2.24) is 0 Å². The Kier molecular flexibility index (Phi) is 4.52. The molecule has 0 saturated heterocycles. The molecule has 0 radical (unpaired) electrons. The van der Waals surface area contributed by atoms with Crippen molar-refractivity contribution in [2.24, 2.45) is 4.99 Å². The molecule has 0 fully saturated rings. The standard InChI is InChI=1S/C12H9Cl3N2O3/c13-12(14,15)11-16-9(7-20-11)5-4-8-2-1-3-10(6-8)17(18)19/h1-6,9H,7H2/b5-4+/t9-/m0/s1. The molecule has 1 aliphatic rings. The van der Waals surface area contributed by atoms with Gasteiger partial charge in [0.05, 0.1) is 4.92 Å². The van der Waals surface area contributed by atoms with Crippen LogP contribution in [-0.4, -0.2) is 27.3 Å². The van der Waals surface area contributed by atoms with Crippen LogP contribution in [0, 0.1) is 10.1 Å². The van der Waals surface area contributed by atoms with Gasteiger partial charge in [-0.3, -0.25) is 10.1 Å². The number of non-ortho nitro benzene ring substituents is 1.